The van der Waals surface area contributed by atoms with Crippen LogP contribution in [0.3, 0.4) is 0 Å². The van der Waals surface area contributed by atoms with Gasteiger partial charge in [0.2, 0.25) is 0 Å². The molecule has 0 saturated heterocycles. The van der Waals surface area contributed by atoms with E-state index in [1.807, 2.05) is 25.2 Å². The molecule has 0 radical (unpaired) electrons. The van der Waals surface area contributed by atoms with Gasteiger partial charge in [0.05, 0.1) is 24.8 Å². The maximum absolute atomic E-state index is 5.82. The van der Waals surface area contributed by atoms with Gasteiger partial charge in [-0.3, -0.25) is 9.67 Å². The van der Waals surface area contributed by atoms with Crippen molar-refractivity contribution in [2.75, 3.05) is 38.1 Å². The van der Waals surface area contributed by atoms with Crippen molar-refractivity contribution in [2.45, 2.75) is 20.5 Å². The summed E-state index contributed by atoms with van der Waals surface area (Å²) >= 11 is 0. The number of ether oxygens (including phenoxy) is 1. The molecule has 0 aliphatic heterocycles. The molecule has 0 aliphatic rings. The van der Waals surface area contributed by atoms with E-state index in [1.165, 1.54) is 5.56 Å². The average Bonchev–Trinajstić information content (AvgIpc) is 3.17. The third-order valence-electron chi connectivity index (χ3n) is 4.66. The summed E-state index contributed by atoms with van der Waals surface area (Å²) in [5.41, 5.74) is 2.00. The van der Waals surface area contributed by atoms with E-state index in [9.17, 15) is 0 Å². The van der Waals surface area contributed by atoms with Gasteiger partial charge in [0, 0.05) is 33.2 Å². The van der Waals surface area contributed by atoms with Gasteiger partial charge in [-0.05, 0) is 18.4 Å². The summed E-state index contributed by atoms with van der Waals surface area (Å²) in [5.74, 6) is 1.91. The van der Waals surface area contributed by atoms with Gasteiger partial charge >= 0.3 is 0 Å². The molecule has 0 bridgehead atoms. The Labute approximate surface area is 206 Å². The second kappa shape index (κ2) is 13.8. The zero-order valence-corrected chi connectivity index (χ0v) is 21.2. The van der Waals surface area contributed by atoms with Crippen LogP contribution >= 0.6 is 24.0 Å². The number of rotatable bonds is 11. The van der Waals surface area contributed by atoms with Crippen molar-refractivity contribution in [3.8, 4) is 0 Å². The molecule has 10 heteroatoms. The third kappa shape index (κ3) is 7.90. The van der Waals surface area contributed by atoms with Gasteiger partial charge in [-0.25, -0.2) is 9.97 Å². The van der Waals surface area contributed by atoms with Gasteiger partial charge < -0.3 is 20.7 Å². The van der Waals surface area contributed by atoms with E-state index in [-0.39, 0.29) is 24.0 Å². The Bertz CT molecular complexity index is 963. The van der Waals surface area contributed by atoms with Crippen LogP contribution in [0.15, 0.2) is 47.8 Å². The van der Waals surface area contributed by atoms with Gasteiger partial charge in [-0.1, -0.05) is 37.3 Å². The molecule has 3 N–H and O–H groups in total. The van der Waals surface area contributed by atoms with E-state index >= 15 is 0 Å². The van der Waals surface area contributed by atoms with E-state index in [1.54, 1.807) is 17.2 Å². The van der Waals surface area contributed by atoms with E-state index in [4.69, 9.17) is 4.74 Å². The molecule has 3 aromatic rings. The van der Waals surface area contributed by atoms with Gasteiger partial charge in [0.15, 0.2) is 11.6 Å². The molecule has 32 heavy (non-hydrogen) atoms. The number of nitrogens with one attached hydrogen (secondary N) is 3. The minimum atomic E-state index is 0. The number of hydrogen-bond acceptors (Lipinski definition) is 6. The molecule has 1 atom stereocenters. The summed E-state index contributed by atoms with van der Waals surface area (Å²) in [4.78, 5) is 13.3. The highest BCUT2D eigenvalue weighted by Gasteiger charge is 2.07. The lowest BCUT2D eigenvalue weighted by Gasteiger charge is -2.14. The van der Waals surface area contributed by atoms with Crippen LogP contribution in [0.2, 0.25) is 0 Å². The Balaban J connectivity index is 0.00000363. The van der Waals surface area contributed by atoms with Crippen molar-refractivity contribution in [3.05, 3.63) is 48.4 Å². The molecule has 9 nitrogen and oxygen atoms in total. The number of fused-ring (bicyclic) bond motifs is 1. The van der Waals surface area contributed by atoms with Gasteiger partial charge in [0.1, 0.15) is 12.1 Å². The number of aryl methyl sites for hydroxylation is 1. The van der Waals surface area contributed by atoms with Crippen LogP contribution in [-0.2, 0) is 18.4 Å². The van der Waals surface area contributed by atoms with Crippen LogP contribution in [0.25, 0.3) is 11.0 Å². The number of hydrogen-bond donors (Lipinski definition) is 3. The first-order valence-electron chi connectivity index (χ1n) is 10.7. The summed E-state index contributed by atoms with van der Waals surface area (Å²) in [6, 6.07) is 10.2. The molecule has 174 valence electrons. The van der Waals surface area contributed by atoms with Crippen molar-refractivity contribution in [1.29, 1.82) is 0 Å². The lowest BCUT2D eigenvalue weighted by atomic mass is 10.2. The Kier molecular flexibility index (Phi) is 11.2. The van der Waals surface area contributed by atoms with Crippen LogP contribution in [0, 0.1) is 5.92 Å². The largest absolute Gasteiger partial charge is 0.376 e. The predicted molar refractivity (Wildman–Crippen MR) is 139 cm³/mol. The van der Waals surface area contributed by atoms with E-state index in [0.29, 0.717) is 38.8 Å². The smallest absolute Gasteiger partial charge is 0.191 e. The molecular weight excluding hydrogens is 519 g/mol. The lowest BCUT2D eigenvalue weighted by Crippen LogP contribution is -2.40. The highest BCUT2D eigenvalue weighted by Crippen LogP contribution is 2.17. The molecule has 0 spiro atoms. The maximum atomic E-state index is 5.82. The number of anilines is 1. The van der Waals surface area contributed by atoms with Crippen LogP contribution < -0.4 is 16.0 Å². The van der Waals surface area contributed by atoms with Crippen molar-refractivity contribution >= 4 is 46.8 Å². The molecule has 1 unspecified atom stereocenters. The molecule has 0 amide bonds. The van der Waals surface area contributed by atoms with Gasteiger partial charge in [0.25, 0.3) is 0 Å². The Morgan fingerprint density at radius 3 is 2.75 bits per heavy atom. The summed E-state index contributed by atoms with van der Waals surface area (Å²) in [5, 5.41) is 15.1. The zero-order valence-electron chi connectivity index (χ0n) is 18.9. The SMILES string of the molecule is CCNC(=NCC(C)COCc1ccccc1)NCCNc1ncnc2c1cnn2C.I. The first-order chi connectivity index (χ1) is 15.2. The molecule has 2 heterocycles. The molecule has 3 rings (SSSR count). The van der Waals surface area contributed by atoms with E-state index < -0.39 is 0 Å². The highest BCUT2D eigenvalue weighted by atomic mass is 127. The van der Waals surface area contributed by atoms with Crippen LogP contribution in [-0.4, -0.2) is 58.5 Å². The number of benzene rings is 1. The fourth-order valence-corrected chi connectivity index (χ4v) is 3.06. The second-order valence-electron chi connectivity index (χ2n) is 7.41. The topological polar surface area (TPSA) is 101 Å². The van der Waals surface area contributed by atoms with Crippen molar-refractivity contribution in [1.82, 2.24) is 30.4 Å². The molecule has 2 aromatic heterocycles. The first-order valence-corrected chi connectivity index (χ1v) is 10.7. The molecule has 0 aliphatic carbocycles. The van der Waals surface area contributed by atoms with Crippen LogP contribution in [0.4, 0.5) is 5.82 Å². The second-order valence-corrected chi connectivity index (χ2v) is 7.41. The summed E-state index contributed by atoms with van der Waals surface area (Å²) in [6.45, 7) is 8.41. The number of aromatic nitrogens is 4. The molecular formula is C22H33IN8O. The third-order valence-corrected chi connectivity index (χ3v) is 4.66. The molecule has 0 saturated carbocycles. The normalized spacial score (nSPS) is 12.3. The summed E-state index contributed by atoms with van der Waals surface area (Å²) < 4.78 is 7.56. The Morgan fingerprint density at radius 2 is 1.97 bits per heavy atom. The summed E-state index contributed by atoms with van der Waals surface area (Å²) in [7, 11) is 1.87. The summed E-state index contributed by atoms with van der Waals surface area (Å²) in [6.07, 6.45) is 3.32. The Hall–Kier alpha value is -2.47. The fourth-order valence-electron chi connectivity index (χ4n) is 3.06. The molecule has 1 aromatic carbocycles. The van der Waals surface area contributed by atoms with Gasteiger partial charge in [-0.15, -0.1) is 24.0 Å². The van der Waals surface area contributed by atoms with Crippen LogP contribution in [0.1, 0.15) is 19.4 Å². The monoisotopic (exact) mass is 552 g/mol. The highest BCUT2D eigenvalue weighted by molar-refractivity contribution is 14.0. The number of halogens is 1. The van der Waals surface area contributed by atoms with Gasteiger partial charge in [-0.2, -0.15) is 5.10 Å². The number of aliphatic imine (C=N–C) groups is 1. The zero-order chi connectivity index (χ0) is 21.9. The Morgan fingerprint density at radius 1 is 1.16 bits per heavy atom. The van der Waals surface area contributed by atoms with Crippen molar-refractivity contribution in [3.63, 3.8) is 0 Å². The van der Waals surface area contributed by atoms with Crippen LogP contribution in [0.5, 0.6) is 0 Å². The maximum Gasteiger partial charge on any atom is 0.191 e. The van der Waals surface area contributed by atoms with Crippen molar-refractivity contribution in [2.24, 2.45) is 18.0 Å². The minimum absolute atomic E-state index is 0. The number of guanidine groups is 1. The average molecular weight is 552 g/mol. The predicted octanol–water partition coefficient (Wildman–Crippen LogP) is 2.80. The minimum Gasteiger partial charge on any atom is -0.376 e. The fraction of sp³-hybridized carbons (Fsp3) is 0.455. The quantitative estimate of drug-likeness (QED) is 0.146. The number of nitrogens with zero attached hydrogens (tertiary/aromatic N) is 5. The standard InChI is InChI=1S/C22H32N8O.HI/c1-4-23-22(26-12-17(2)14-31-15-18-8-6-5-7-9-18)25-11-10-24-20-19-13-29-30(3)21(19)28-16-27-20;/h5-9,13,16-17H,4,10-12,14-15H2,1-3H3,(H2,23,25,26)(H,24,27,28);1H. The first kappa shape index (κ1) is 25.8. The van der Waals surface area contributed by atoms with E-state index in [0.717, 1.165) is 29.4 Å². The lowest BCUT2D eigenvalue weighted by molar-refractivity contribution is 0.0945. The molecule has 0 fully saturated rings. The van der Waals surface area contributed by atoms with E-state index in [2.05, 4.69) is 62.0 Å². The van der Waals surface area contributed by atoms with Crippen molar-refractivity contribution < 1.29 is 4.74 Å².